The smallest absolute Gasteiger partial charge is 0.410 e. The standard InChI is InChI=1S/C25H42N4O4Si/c1-24(2,3)33-23(30)28-13-12-26-21(18-28)20-16-27-29-17-19(10-11-22(20)29)31-14-9-15-32-34(7,8)25(4,5)6/h10-11,16-17,21,26H,9,12-15,18H2,1-8H3. The fraction of sp³-hybridized carbons (Fsp3) is 0.680. The molecule has 1 aliphatic rings. The maximum absolute atomic E-state index is 12.5. The Kier molecular flexibility index (Phi) is 7.99. The molecule has 1 atom stereocenters. The van der Waals surface area contributed by atoms with Gasteiger partial charge in [0, 0.05) is 38.2 Å². The molecule has 0 bridgehead atoms. The lowest BCUT2D eigenvalue weighted by Gasteiger charge is -2.36. The Morgan fingerprint density at radius 2 is 1.91 bits per heavy atom. The molecule has 2 aromatic rings. The lowest BCUT2D eigenvalue weighted by molar-refractivity contribution is 0.0195. The summed E-state index contributed by atoms with van der Waals surface area (Å²) in [7, 11) is -1.72. The highest BCUT2D eigenvalue weighted by molar-refractivity contribution is 6.74. The first-order chi connectivity index (χ1) is 15.8. The first kappa shape index (κ1) is 26.5. The molecular weight excluding hydrogens is 448 g/mol. The minimum atomic E-state index is -1.72. The molecule has 9 heteroatoms. The number of fused-ring (bicyclic) bond motifs is 1. The predicted octanol–water partition coefficient (Wildman–Crippen LogP) is 5.01. The molecule has 0 aliphatic carbocycles. The Hall–Kier alpha value is -2.10. The van der Waals surface area contributed by atoms with Crippen LogP contribution in [0.15, 0.2) is 24.5 Å². The number of pyridine rings is 1. The van der Waals surface area contributed by atoms with Gasteiger partial charge >= 0.3 is 6.09 Å². The van der Waals surface area contributed by atoms with Crippen molar-refractivity contribution in [3.8, 4) is 5.75 Å². The van der Waals surface area contributed by atoms with Gasteiger partial charge in [-0.05, 0) is 51.0 Å². The van der Waals surface area contributed by atoms with Gasteiger partial charge in [0.15, 0.2) is 8.32 Å². The quantitative estimate of drug-likeness (QED) is 0.434. The highest BCUT2D eigenvalue weighted by Gasteiger charge is 2.36. The molecule has 1 aliphatic heterocycles. The van der Waals surface area contributed by atoms with Crippen LogP contribution in [-0.2, 0) is 9.16 Å². The first-order valence-electron chi connectivity index (χ1n) is 12.2. The number of hydrogen-bond acceptors (Lipinski definition) is 6. The minimum Gasteiger partial charge on any atom is -0.492 e. The second-order valence-corrected chi connectivity index (χ2v) is 16.3. The predicted molar refractivity (Wildman–Crippen MR) is 137 cm³/mol. The normalized spacial score (nSPS) is 17.8. The van der Waals surface area contributed by atoms with Crippen LogP contribution in [0.4, 0.5) is 4.79 Å². The molecule has 0 radical (unpaired) electrons. The molecule has 1 fully saturated rings. The third-order valence-corrected chi connectivity index (χ3v) is 11.1. The summed E-state index contributed by atoms with van der Waals surface area (Å²) in [5.74, 6) is 0.779. The fourth-order valence-electron chi connectivity index (χ4n) is 3.58. The minimum absolute atomic E-state index is 0.00183. The number of carbonyl (C=O) groups is 1. The van der Waals surface area contributed by atoms with Crippen molar-refractivity contribution in [2.24, 2.45) is 0 Å². The summed E-state index contributed by atoms with van der Waals surface area (Å²) in [4.78, 5) is 14.3. The van der Waals surface area contributed by atoms with Gasteiger partial charge in [0.25, 0.3) is 0 Å². The maximum atomic E-state index is 12.5. The van der Waals surface area contributed by atoms with Crippen molar-refractivity contribution in [3.63, 3.8) is 0 Å². The Labute approximate surface area is 205 Å². The number of hydrogen-bond donors (Lipinski definition) is 1. The number of rotatable bonds is 7. The van der Waals surface area contributed by atoms with E-state index in [2.05, 4.69) is 44.3 Å². The Bertz CT molecular complexity index is 977. The van der Waals surface area contributed by atoms with Gasteiger partial charge in [0.05, 0.1) is 30.6 Å². The van der Waals surface area contributed by atoms with Crippen LogP contribution in [0.25, 0.3) is 5.52 Å². The lowest BCUT2D eigenvalue weighted by Crippen LogP contribution is -2.49. The Balaban J connectivity index is 1.56. The molecule has 1 saturated heterocycles. The van der Waals surface area contributed by atoms with E-state index < -0.39 is 13.9 Å². The Morgan fingerprint density at radius 3 is 2.59 bits per heavy atom. The van der Waals surface area contributed by atoms with E-state index in [1.54, 1.807) is 4.90 Å². The van der Waals surface area contributed by atoms with E-state index in [-0.39, 0.29) is 17.2 Å². The van der Waals surface area contributed by atoms with Gasteiger partial charge in [-0.2, -0.15) is 5.10 Å². The number of amides is 1. The summed E-state index contributed by atoms with van der Waals surface area (Å²) in [5, 5.41) is 8.25. The van der Waals surface area contributed by atoms with Gasteiger partial charge in [-0.25, -0.2) is 9.31 Å². The van der Waals surface area contributed by atoms with Crippen LogP contribution in [0.3, 0.4) is 0 Å². The van der Waals surface area contributed by atoms with Gasteiger partial charge in [-0.15, -0.1) is 0 Å². The lowest BCUT2D eigenvalue weighted by atomic mass is 10.1. The largest absolute Gasteiger partial charge is 0.492 e. The van der Waals surface area contributed by atoms with E-state index in [1.165, 1.54) is 0 Å². The second kappa shape index (κ2) is 10.3. The summed E-state index contributed by atoms with van der Waals surface area (Å²) >= 11 is 0. The van der Waals surface area contributed by atoms with Crippen LogP contribution >= 0.6 is 0 Å². The monoisotopic (exact) mass is 490 g/mol. The van der Waals surface area contributed by atoms with Crippen LogP contribution < -0.4 is 10.1 Å². The summed E-state index contributed by atoms with van der Waals surface area (Å²) in [6.45, 7) is 20.1. The van der Waals surface area contributed by atoms with E-state index >= 15 is 0 Å². The Morgan fingerprint density at radius 1 is 1.18 bits per heavy atom. The van der Waals surface area contributed by atoms with Crippen molar-refractivity contribution in [1.82, 2.24) is 19.8 Å². The molecule has 1 unspecified atom stereocenters. The molecule has 0 saturated carbocycles. The van der Waals surface area contributed by atoms with Gasteiger partial charge in [0.2, 0.25) is 0 Å². The third-order valence-electron chi connectivity index (χ3n) is 6.55. The average Bonchev–Trinajstić information content (AvgIpc) is 3.15. The molecule has 0 spiro atoms. The molecule has 34 heavy (non-hydrogen) atoms. The van der Waals surface area contributed by atoms with Crippen molar-refractivity contribution < 1.29 is 18.7 Å². The van der Waals surface area contributed by atoms with Crippen molar-refractivity contribution in [2.45, 2.75) is 77.7 Å². The van der Waals surface area contributed by atoms with Crippen LogP contribution in [0.2, 0.25) is 18.1 Å². The highest BCUT2D eigenvalue weighted by atomic mass is 28.4. The number of nitrogens with zero attached hydrogens (tertiary/aromatic N) is 3. The zero-order valence-electron chi connectivity index (χ0n) is 22.1. The molecule has 190 valence electrons. The van der Waals surface area contributed by atoms with Gasteiger partial charge in [-0.1, -0.05) is 20.8 Å². The molecule has 2 aromatic heterocycles. The van der Waals surface area contributed by atoms with E-state index in [0.717, 1.165) is 23.3 Å². The van der Waals surface area contributed by atoms with E-state index in [0.29, 0.717) is 32.8 Å². The highest BCUT2D eigenvalue weighted by Crippen LogP contribution is 2.36. The summed E-state index contributed by atoms with van der Waals surface area (Å²) in [6, 6.07) is 4.00. The third kappa shape index (κ3) is 6.73. The number of nitrogens with one attached hydrogen (secondary N) is 1. The van der Waals surface area contributed by atoms with Crippen LogP contribution in [0, 0.1) is 0 Å². The number of piperazine rings is 1. The van der Waals surface area contributed by atoms with E-state index in [9.17, 15) is 4.79 Å². The molecule has 3 heterocycles. The van der Waals surface area contributed by atoms with Gasteiger partial charge in [-0.3, -0.25) is 0 Å². The fourth-order valence-corrected chi connectivity index (χ4v) is 4.67. The van der Waals surface area contributed by atoms with Crippen molar-refractivity contribution in [1.29, 1.82) is 0 Å². The van der Waals surface area contributed by atoms with Crippen molar-refractivity contribution in [2.75, 3.05) is 32.8 Å². The molecule has 0 aromatic carbocycles. The second-order valence-electron chi connectivity index (χ2n) is 11.5. The number of carbonyl (C=O) groups excluding carboxylic acids is 1. The van der Waals surface area contributed by atoms with Crippen LogP contribution in [0.5, 0.6) is 5.75 Å². The van der Waals surface area contributed by atoms with E-state index in [1.807, 2.05) is 49.8 Å². The van der Waals surface area contributed by atoms with E-state index in [4.69, 9.17) is 13.9 Å². The van der Waals surface area contributed by atoms with Gasteiger partial charge in [0.1, 0.15) is 11.4 Å². The average molecular weight is 491 g/mol. The van der Waals surface area contributed by atoms with Crippen LogP contribution in [0.1, 0.15) is 59.6 Å². The number of ether oxygens (including phenoxy) is 2. The van der Waals surface area contributed by atoms with Crippen LogP contribution in [-0.4, -0.2) is 67.4 Å². The summed E-state index contributed by atoms with van der Waals surface area (Å²) < 4.78 is 19.6. The molecule has 1 N–H and O–H groups in total. The molecule has 8 nitrogen and oxygen atoms in total. The SMILES string of the molecule is CC(C)(C)OC(=O)N1CCNC(c2cnn3cc(OCCCO[Si](C)(C)C(C)(C)C)ccc23)C1. The molecule has 3 rings (SSSR count). The summed E-state index contributed by atoms with van der Waals surface area (Å²) in [5.41, 5.74) is 1.55. The summed E-state index contributed by atoms with van der Waals surface area (Å²) in [6.07, 6.45) is 4.34. The van der Waals surface area contributed by atoms with Crippen molar-refractivity contribution >= 4 is 19.9 Å². The zero-order valence-corrected chi connectivity index (χ0v) is 23.1. The first-order valence-corrected chi connectivity index (χ1v) is 15.1. The van der Waals surface area contributed by atoms with Gasteiger partial charge < -0.3 is 24.1 Å². The molecule has 1 amide bonds. The maximum Gasteiger partial charge on any atom is 0.410 e. The van der Waals surface area contributed by atoms with Crippen molar-refractivity contribution in [3.05, 3.63) is 30.1 Å². The number of aromatic nitrogens is 2. The molecular formula is C25H42N4O4Si. The topological polar surface area (TPSA) is 77.3 Å². The zero-order chi connectivity index (χ0) is 25.1.